The van der Waals surface area contributed by atoms with E-state index in [1.165, 1.54) is 16.7 Å². The van der Waals surface area contributed by atoms with E-state index in [2.05, 4.69) is 17.9 Å². The first-order chi connectivity index (χ1) is 16.5. The van der Waals surface area contributed by atoms with E-state index in [0.29, 0.717) is 59.0 Å². The second kappa shape index (κ2) is 10.6. The summed E-state index contributed by atoms with van der Waals surface area (Å²) < 4.78 is 13.0. The van der Waals surface area contributed by atoms with Crippen LogP contribution in [0.4, 0.5) is 5.82 Å². The molecule has 0 aliphatic carbocycles. The summed E-state index contributed by atoms with van der Waals surface area (Å²) in [5.41, 5.74) is 1.08. The zero-order chi connectivity index (χ0) is 24.2. The van der Waals surface area contributed by atoms with Gasteiger partial charge in [0.25, 0.3) is 11.5 Å². The van der Waals surface area contributed by atoms with Crippen molar-refractivity contribution in [3.8, 4) is 6.07 Å². The van der Waals surface area contributed by atoms with Crippen molar-refractivity contribution < 1.29 is 13.9 Å². The van der Waals surface area contributed by atoms with Gasteiger partial charge in [0.15, 0.2) is 0 Å². The molecule has 178 valence electrons. The minimum absolute atomic E-state index is 0.102. The molecule has 8 nitrogen and oxygen atoms in total. The summed E-state index contributed by atoms with van der Waals surface area (Å²) in [4.78, 5) is 30.6. The Bertz CT molecular complexity index is 1220. The Labute approximate surface area is 207 Å². The van der Waals surface area contributed by atoms with Crippen LogP contribution in [0.1, 0.15) is 42.2 Å². The molecule has 4 rings (SSSR count). The average Bonchev–Trinajstić information content (AvgIpc) is 3.45. The third kappa shape index (κ3) is 4.69. The van der Waals surface area contributed by atoms with Crippen LogP contribution in [0.25, 0.3) is 6.08 Å². The molecule has 34 heavy (non-hydrogen) atoms. The topological polar surface area (TPSA) is 91.7 Å². The largest absolute Gasteiger partial charge is 0.467 e. The highest BCUT2D eigenvalue weighted by Gasteiger charge is 2.34. The van der Waals surface area contributed by atoms with Crippen LogP contribution in [0.15, 0.2) is 32.5 Å². The number of nitriles is 1. The summed E-state index contributed by atoms with van der Waals surface area (Å²) in [7, 11) is 0. The van der Waals surface area contributed by atoms with Crippen LogP contribution in [0.2, 0.25) is 0 Å². The number of hydrogen-bond acceptors (Lipinski definition) is 8. The van der Waals surface area contributed by atoms with Gasteiger partial charge in [0.1, 0.15) is 27.5 Å². The van der Waals surface area contributed by atoms with E-state index in [9.17, 15) is 14.9 Å². The molecular formula is C24H26N4O4S2. The Balaban J connectivity index is 1.83. The van der Waals surface area contributed by atoms with E-state index in [1.807, 2.05) is 0 Å². The Kier molecular flexibility index (Phi) is 7.56. The van der Waals surface area contributed by atoms with E-state index in [-0.39, 0.29) is 23.6 Å². The van der Waals surface area contributed by atoms with Crippen molar-refractivity contribution in [2.75, 3.05) is 31.2 Å². The van der Waals surface area contributed by atoms with Crippen molar-refractivity contribution in [2.24, 2.45) is 0 Å². The highest BCUT2D eigenvalue weighted by Crippen LogP contribution is 2.36. The number of morpholine rings is 1. The molecule has 4 heterocycles. The van der Waals surface area contributed by atoms with E-state index in [4.69, 9.17) is 21.4 Å². The molecule has 0 saturated carbocycles. The van der Waals surface area contributed by atoms with Crippen LogP contribution in [-0.2, 0) is 22.6 Å². The molecule has 0 atom stereocenters. The molecule has 0 unspecified atom stereocenters. The number of ether oxygens (including phenoxy) is 1. The van der Waals surface area contributed by atoms with Gasteiger partial charge in [-0.25, -0.2) is 0 Å². The molecular weight excluding hydrogens is 472 g/mol. The van der Waals surface area contributed by atoms with Crippen molar-refractivity contribution in [1.29, 1.82) is 5.26 Å². The number of anilines is 1. The van der Waals surface area contributed by atoms with Gasteiger partial charge in [0, 0.05) is 25.2 Å². The number of hydrogen-bond donors (Lipinski definition) is 0. The minimum atomic E-state index is -0.294. The monoisotopic (exact) mass is 498 g/mol. The zero-order valence-corrected chi connectivity index (χ0v) is 20.8. The standard InChI is InChI=1S/C24H26N4O4S2/c1-3-4-7-27-21(26-8-11-31-12-9-26)18(16(2)19(14-25)22(27)29)13-20-23(30)28(24(33)34-20)15-17-6-5-10-32-17/h5-6,10,13H,3-4,7-9,11-12,15H2,1-2H3. The number of rotatable bonds is 7. The normalized spacial score (nSPS) is 17.6. The Morgan fingerprint density at radius 1 is 1.29 bits per heavy atom. The lowest BCUT2D eigenvalue weighted by molar-refractivity contribution is -0.122. The first-order valence-corrected chi connectivity index (χ1v) is 12.5. The maximum absolute atomic E-state index is 13.3. The Hall–Kier alpha value is -2.87. The molecule has 2 aromatic heterocycles. The van der Waals surface area contributed by atoms with Crippen molar-refractivity contribution in [2.45, 2.75) is 39.8 Å². The van der Waals surface area contributed by atoms with E-state index in [0.717, 1.165) is 18.7 Å². The van der Waals surface area contributed by atoms with E-state index >= 15 is 0 Å². The molecule has 1 amide bonds. The van der Waals surface area contributed by atoms with Gasteiger partial charge in [0.2, 0.25) is 0 Å². The Morgan fingerprint density at radius 2 is 2.06 bits per heavy atom. The van der Waals surface area contributed by atoms with Gasteiger partial charge in [0.05, 0.1) is 30.9 Å². The van der Waals surface area contributed by atoms with Crippen LogP contribution in [0, 0.1) is 18.3 Å². The molecule has 0 radical (unpaired) electrons. The number of carbonyl (C=O) groups excluding carboxylic acids is 1. The van der Waals surface area contributed by atoms with Crippen LogP contribution in [0.5, 0.6) is 0 Å². The third-order valence-corrected chi connectivity index (χ3v) is 7.31. The van der Waals surface area contributed by atoms with Gasteiger partial charge >= 0.3 is 0 Å². The quantitative estimate of drug-likeness (QED) is 0.422. The molecule has 2 fully saturated rings. The molecule has 0 spiro atoms. The number of furan rings is 1. The van der Waals surface area contributed by atoms with E-state index in [1.54, 1.807) is 36.0 Å². The number of pyridine rings is 1. The summed E-state index contributed by atoms with van der Waals surface area (Å²) in [5, 5.41) is 9.79. The number of amides is 1. The lowest BCUT2D eigenvalue weighted by Gasteiger charge is -2.33. The zero-order valence-electron chi connectivity index (χ0n) is 19.2. The number of thioether (sulfide) groups is 1. The summed E-state index contributed by atoms with van der Waals surface area (Å²) >= 11 is 6.70. The fraction of sp³-hybridized carbons (Fsp3) is 0.417. The summed E-state index contributed by atoms with van der Waals surface area (Å²) in [5.74, 6) is 1.15. The SMILES string of the molecule is CCCCn1c(N2CCOCC2)c(C=C2SC(=S)N(Cc3ccco3)C2=O)c(C)c(C#N)c1=O. The summed E-state index contributed by atoms with van der Waals surface area (Å²) in [6, 6.07) is 5.65. The molecule has 0 aromatic carbocycles. The number of thiocarbonyl (C=S) groups is 1. The highest BCUT2D eigenvalue weighted by atomic mass is 32.2. The van der Waals surface area contributed by atoms with Crippen LogP contribution in [-0.4, -0.2) is 46.0 Å². The minimum Gasteiger partial charge on any atom is -0.467 e. The molecule has 2 aliphatic heterocycles. The van der Waals surface area contributed by atoms with Gasteiger partial charge in [-0.05, 0) is 37.1 Å². The maximum atomic E-state index is 13.3. The highest BCUT2D eigenvalue weighted by molar-refractivity contribution is 8.26. The number of nitrogens with zero attached hydrogens (tertiary/aromatic N) is 4. The second-order valence-electron chi connectivity index (χ2n) is 8.11. The van der Waals surface area contributed by atoms with E-state index < -0.39 is 0 Å². The van der Waals surface area contributed by atoms with Crippen molar-refractivity contribution in [3.05, 3.63) is 56.1 Å². The molecule has 2 aliphatic rings. The van der Waals surface area contributed by atoms with Gasteiger partial charge in [-0.1, -0.05) is 37.3 Å². The first-order valence-electron chi connectivity index (χ1n) is 11.2. The van der Waals surface area contributed by atoms with Crippen molar-refractivity contribution in [1.82, 2.24) is 9.47 Å². The van der Waals surface area contributed by atoms with Gasteiger partial charge in [-0.15, -0.1) is 0 Å². The van der Waals surface area contributed by atoms with Crippen molar-refractivity contribution >= 4 is 46.1 Å². The fourth-order valence-corrected chi connectivity index (χ4v) is 5.35. The average molecular weight is 499 g/mol. The first kappa shape index (κ1) is 24.3. The molecule has 10 heteroatoms. The van der Waals surface area contributed by atoms with Gasteiger partial charge in [-0.3, -0.25) is 19.1 Å². The maximum Gasteiger partial charge on any atom is 0.270 e. The second-order valence-corrected chi connectivity index (χ2v) is 9.78. The predicted octanol–water partition coefficient (Wildman–Crippen LogP) is 3.66. The molecule has 2 aromatic rings. The number of unbranched alkanes of at least 4 members (excludes halogenated alkanes) is 1. The van der Waals surface area contributed by atoms with Crippen LogP contribution < -0.4 is 10.5 Å². The summed E-state index contributed by atoms with van der Waals surface area (Å²) in [6.07, 6.45) is 5.05. The molecule has 2 saturated heterocycles. The summed E-state index contributed by atoms with van der Waals surface area (Å²) in [6.45, 7) is 6.92. The third-order valence-electron chi connectivity index (χ3n) is 5.94. The van der Waals surface area contributed by atoms with Gasteiger partial charge in [-0.2, -0.15) is 5.26 Å². The van der Waals surface area contributed by atoms with Gasteiger partial charge < -0.3 is 14.1 Å². The molecule has 0 bridgehead atoms. The number of carbonyl (C=O) groups is 1. The smallest absolute Gasteiger partial charge is 0.270 e. The van der Waals surface area contributed by atoms with Crippen LogP contribution in [0.3, 0.4) is 0 Å². The number of aromatic nitrogens is 1. The van der Waals surface area contributed by atoms with Crippen molar-refractivity contribution in [3.63, 3.8) is 0 Å². The molecule has 0 N–H and O–H groups in total. The predicted molar refractivity (Wildman–Crippen MR) is 136 cm³/mol. The lowest BCUT2D eigenvalue weighted by atomic mass is 10.0. The van der Waals surface area contributed by atoms with Crippen LogP contribution >= 0.6 is 24.0 Å². The lowest BCUT2D eigenvalue weighted by Crippen LogP contribution is -2.41. The fourth-order valence-electron chi connectivity index (χ4n) is 4.11. The Morgan fingerprint density at radius 3 is 2.71 bits per heavy atom.